The number of carbonyl (C=O) groups is 1. The molecule has 11 heteroatoms. The van der Waals surface area contributed by atoms with Gasteiger partial charge < -0.3 is 29.2 Å². The molecule has 2 amide bonds. The van der Waals surface area contributed by atoms with Crippen LogP contribution >= 0.6 is 0 Å². The van der Waals surface area contributed by atoms with Gasteiger partial charge in [-0.2, -0.15) is 13.2 Å². The summed E-state index contributed by atoms with van der Waals surface area (Å²) in [5.41, 5.74) is -0.415. The van der Waals surface area contributed by atoms with Crippen LogP contribution < -0.4 is 24.3 Å². The zero-order chi connectivity index (χ0) is 21.9. The van der Waals surface area contributed by atoms with Crippen LogP contribution in [-0.4, -0.2) is 56.4 Å². The molecule has 8 nitrogen and oxygen atoms in total. The van der Waals surface area contributed by atoms with Gasteiger partial charge in [-0.1, -0.05) is 0 Å². The molecule has 0 atom stereocenters. The van der Waals surface area contributed by atoms with Crippen LogP contribution in [-0.2, 0) is 6.18 Å². The molecule has 0 spiro atoms. The first-order valence-electron chi connectivity index (χ1n) is 8.81. The topological polar surface area (TPSA) is 82.2 Å². The summed E-state index contributed by atoms with van der Waals surface area (Å²) in [6.45, 7) is 0.405. The van der Waals surface area contributed by atoms with Crippen LogP contribution in [0.25, 0.3) is 0 Å². The van der Waals surface area contributed by atoms with E-state index in [2.05, 4.69) is 10.3 Å². The summed E-state index contributed by atoms with van der Waals surface area (Å²) in [5.74, 6) is 1.02. The highest BCUT2D eigenvalue weighted by molar-refractivity contribution is 5.90. The van der Waals surface area contributed by atoms with E-state index in [9.17, 15) is 18.0 Å². The molecule has 2 heterocycles. The Morgan fingerprint density at radius 2 is 1.73 bits per heavy atom. The first-order chi connectivity index (χ1) is 14.2. The van der Waals surface area contributed by atoms with Gasteiger partial charge in [0.05, 0.1) is 45.7 Å². The number of likely N-dealkylation sites (tertiary alicyclic amines) is 1. The lowest BCUT2D eigenvalue weighted by atomic mass is 10.2. The van der Waals surface area contributed by atoms with Crippen LogP contribution in [0.2, 0.25) is 0 Å². The predicted molar refractivity (Wildman–Crippen MR) is 100 cm³/mol. The summed E-state index contributed by atoms with van der Waals surface area (Å²) in [7, 11) is 4.39. The SMILES string of the molecule is COc1cc(NC(=O)N2CC(Oc3cc(C(F)(F)F)ccn3)C2)cc(OC)c1OC. The highest BCUT2D eigenvalue weighted by Gasteiger charge is 2.34. The second kappa shape index (κ2) is 8.56. The molecule has 0 unspecified atom stereocenters. The molecular weight excluding hydrogens is 407 g/mol. The summed E-state index contributed by atoms with van der Waals surface area (Å²) < 4.78 is 59.4. The minimum Gasteiger partial charge on any atom is -0.493 e. The lowest BCUT2D eigenvalue weighted by Crippen LogP contribution is -2.57. The summed E-state index contributed by atoms with van der Waals surface area (Å²) >= 11 is 0. The zero-order valence-corrected chi connectivity index (χ0v) is 16.4. The Labute approximate surface area is 170 Å². The van der Waals surface area contributed by atoms with Crippen molar-refractivity contribution < 1.29 is 36.9 Å². The summed E-state index contributed by atoms with van der Waals surface area (Å²) in [6.07, 6.45) is -3.90. The molecule has 0 saturated carbocycles. The van der Waals surface area contributed by atoms with Gasteiger partial charge >= 0.3 is 12.2 Å². The van der Waals surface area contributed by atoms with Crippen molar-refractivity contribution in [1.29, 1.82) is 0 Å². The van der Waals surface area contributed by atoms with Crippen LogP contribution in [0.1, 0.15) is 5.56 Å². The lowest BCUT2D eigenvalue weighted by molar-refractivity contribution is -0.137. The van der Waals surface area contributed by atoms with Gasteiger partial charge in [-0.15, -0.1) is 0 Å². The Kier molecular flexibility index (Phi) is 6.09. The monoisotopic (exact) mass is 427 g/mol. The van der Waals surface area contributed by atoms with E-state index in [4.69, 9.17) is 18.9 Å². The number of nitrogens with zero attached hydrogens (tertiary/aromatic N) is 2. The molecule has 1 aromatic heterocycles. The molecule has 1 N–H and O–H groups in total. The molecule has 0 radical (unpaired) electrons. The Morgan fingerprint density at radius 3 is 2.27 bits per heavy atom. The van der Waals surface area contributed by atoms with Crippen LogP contribution in [0, 0.1) is 0 Å². The Bertz CT molecular complexity index is 892. The van der Waals surface area contributed by atoms with Crippen molar-refractivity contribution in [2.45, 2.75) is 12.3 Å². The Morgan fingerprint density at radius 1 is 1.10 bits per heavy atom. The number of halogens is 3. The quantitative estimate of drug-likeness (QED) is 0.761. The van der Waals surface area contributed by atoms with Crippen molar-refractivity contribution in [1.82, 2.24) is 9.88 Å². The minimum absolute atomic E-state index is 0.139. The molecule has 162 valence electrons. The molecule has 1 aliphatic rings. The van der Waals surface area contributed by atoms with Crippen LogP contribution in [0.4, 0.5) is 23.7 Å². The van der Waals surface area contributed by atoms with Gasteiger partial charge in [-0.3, -0.25) is 0 Å². The number of anilines is 1. The van der Waals surface area contributed by atoms with E-state index < -0.39 is 23.9 Å². The molecule has 0 bridgehead atoms. The first kappa shape index (κ1) is 21.3. The maximum Gasteiger partial charge on any atom is 0.416 e. The summed E-state index contributed by atoms with van der Waals surface area (Å²) in [6, 6.07) is 4.46. The number of urea groups is 1. The predicted octanol–water partition coefficient (Wildman–Crippen LogP) is 3.42. The highest BCUT2D eigenvalue weighted by Crippen LogP contribution is 2.40. The standard InChI is InChI=1S/C19H20F3N3O5/c1-27-14-7-12(8-15(28-2)17(14)29-3)24-18(26)25-9-13(10-25)30-16-6-11(4-5-23-16)19(20,21)22/h4-8,13H,9-10H2,1-3H3,(H,24,26). The molecule has 1 fully saturated rings. The Hall–Kier alpha value is -3.37. The van der Waals surface area contributed by atoms with Crippen molar-refractivity contribution in [3.05, 3.63) is 36.0 Å². The number of hydrogen-bond acceptors (Lipinski definition) is 6. The number of ether oxygens (including phenoxy) is 4. The van der Waals surface area contributed by atoms with E-state index >= 15 is 0 Å². The van der Waals surface area contributed by atoms with E-state index in [1.165, 1.54) is 26.2 Å². The van der Waals surface area contributed by atoms with Gasteiger partial charge in [0, 0.05) is 24.4 Å². The smallest absolute Gasteiger partial charge is 0.416 e. The van der Waals surface area contributed by atoms with Crippen molar-refractivity contribution in [3.63, 3.8) is 0 Å². The van der Waals surface area contributed by atoms with E-state index in [-0.39, 0.29) is 19.0 Å². The summed E-state index contributed by atoms with van der Waals surface area (Å²) in [5, 5.41) is 2.71. The number of hydrogen-bond donors (Lipinski definition) is 1. The molecule has 1 aromatic carbocycles. The van der Waals surface area contributed by atoms with Gasteiger partial charge in [0.1, 0.15) is 6.10 Å². The molecule has 1 saturated heterocycles. The van der Waals surface area contributed by atoms with Crippen LogP contribution in [0.3, 0.4) is 0 Å². The van der Waals surface area contributed by atoms with Crippen molar-refractivity contribution in [3.8, 4) is 23.1 Å². The third-order valence-corrected chi connectivity index (χ3v) is 4.40. The normalized spacial score (nSPS) is 14.0. The maximum absolute atomic E-state index is 12.8. The largest absolute Gasteiger partial charge is 0.493 e. The average molecular weight is 427 g/mol. The number of pyridine rings is 1. The van der Waals surface area contributed by atoms with Gasteiger partial charge in [-0.05, 0) is 6.07 Å². The number of aromatic nitrogens is 1. The van der Waals surface area contributed by atoms with Crippen LogP contribution in [0.15, 0.2) is 30.5 Å². The van der Waals surface area contributed by atoms with E-state index in [1.54, 1.807) is 12.1 Å². The molecule has 0 aliphatic carbocycles. The zero-order valence-electron chi connectivity index (χ0n) is 16.4. The van der Waals surface area contributed by atoms with Gasteiger partial charge in [-0.25, -0.2) is 9.78 Å². The van der Waals surface area contributed by atoms with E-state index in [1.807, 2.05) is 0 Å². The minimum atomic E-state index is -4.48. The fourth-order valence-corrected chi connectivity index (χ4v) is 2.86. The van der Waals surface area contributed by atoms with Crippen molar-refractivity contribution in [2.24, 2.45) is 0 Å². The van der Waals surface area contributed by atoms with Gasteiger partial charge in [0.2, 0.25) is 11.6 Å². The number of rotatable bonds is 6. The number of nitrogens with one attached hydrogen (secondary N) is 1. The molecule has 2 aromatic rings. The third-order valence-electron chi connectivity index (χ3n) is 4.40. The average Bonchev–Trinajstić information content (AvgIpc) is 2.68. The van der Waals surface area contributed by atoms with Crippen molar-refractivity contribution >= 4 is 11.7 Å². The fourth-order valence-electron chi connectivity index (χ4n) is 2.86. The summed E-state index contributed by atoms with van der Waals surface area (Å²) in [4.78, 5) is 17.6. The van der Waals surface area contributed by atoms with Gasteiger partial charge in [0.25, 0.3) is 0 Å². The number of methoxy groups -OCH3 is 3. The second-order valence-electron chi connectivity index (χ2n) is 6.37. The first-order valence-corrected chi connectivity index (χ1v) is 8.81. The maximum atomic E-state index is 12.8. The number of amides is 2. The lowest BCUT2D eigenvalue weighted by Gasteiger charge is -2.38. The van der Waals surface area contributed by atoms with E-state index in [0.717, 1.165) is 18.3 Å². The number of benzene rings is 1. The molecular formula is C19H20F3N3O5. The van der Waals surface area contributed by atoms with Crippen LogP contribution in [0.5, 0.6) is 23.1 Å². The molecule has 3 rings (SSSR count). The second-order valence-corrected chi connectivity index (χ2v) is 6.37. The molecule has 1 aliphatic heterocycles. The highest BCUT2D eigenvalue weighted by atomic mass is 19.4. The third kappa shape index (κ3) is 4.61. The molecule has 30 heavy (non-hydrogen) atoms. The van der Waals surface area contributed by atoms with Gasteiger partial charge in [0.15, 0.2) is 11.5 Å². The van der Waals surface area contributed by atoms with E-state index in [0.29, 0.717) is 22.9 Å². The number of carbonyl (C=O) groups excluding carboxylic acids is 1. The fraction of sp³-hybridized carbons (Fsp3) is 0.368. The Balaban J connectivity index is 1.58. The van der Waals surface area contributed by atoms with Crippen molar-refractivity contribution in [2.75, 3.05) is 39.7 Å². The number of alkyl halides is 3.